The van der Waals surface area contributed by atoms with E-state index in [0.29, 0.717) is 31.2 Å². The lowest BCUT2D eigenvalue weighted by Crippen LogP contribution is -2.24. The number of ether oxygens (including phenoxy) is 1. The van der Waals surface area contributed by atoms with E-state index in [1.807, 2.05) is 24.3 Å². The number of hydrogen-bond donors (Lipinski definition) is 2. The third kappa shape index (κ3) is 5.26. The Morgan fingerprint density at radius 1 is 1.11 bits per heavy atom. The third-order valence-electron chi connectivity index (χ3n) is 4.13. The highest BCUT2D eigenvalue weighted by Gasteiger charge is 2.10. The van der Waals surface area contributed by atoms with Crippen molar-refractivity contribution >= 4 is 11.9 Å². The van der Waals surface area contributed by atoms with Gasteiger partial charge < -0.3 is 15.4 Å². The Labute approximate surface area is 162 Å². The number of aromatic nitrogens is 2. The van der Waals surface area contributed by atoms with Gasteiger partial charge in [-0.15, -0.1) is 0 Å². The van der Waals surface area contributed by atoms with Crippen LogP contribution in [-0.2, 0) is 13.0 Å². The number of anilines is 1. The second kappa shape index (κ2) is 9.45. The fourth-order valence-electron chi connectivity index (χ4n) is 2.66. The van der Waals surface area contributed by atoms with Crippen LogP contribution in [0, 0.1) is 5.82 Å². The highest BCUT2D eigenvalue weighted by Crippen LogP contribution is 2.16. The van der Waals surface area contributed by atoms with E-state index in [1.54, 1.807) is 25.3 Å². The summed E-state index contributed by atoms with van der Waals surface area (Å²) in [5.41, 5.74) is 2.15. The highest BCUT2D eigenvalue weighted by atomic mass is 19.1. The molecule has 6 nitrogen and oxygen atoms in total. The maximum atomic E-state index is 12.9. The first-order valence-corrected chi connectivity index (χ1v) is 8.87. The quantitative estimate of drug-likeness (QED) is 0.628. The van der Waals surface area contributed by atoms with Crippen LogP contribution in [0.1, 0.15) is 21.6 Å². The number of nitrogens with zero attached hydrogens (tertiary/aromatic N) is 2. The first-order valence-electron chi connectivity index (χ1n) is 8.87. The molecule has 0 saturated heterocycles. The van der Waals surface area contributed by atoms with E-state index < -0.39 is 0 Å². The molecule has 0 unspecified atom stereocenters. The van der Waals surface area contributed by atoms with Gasteiger partial charge in [-0.25, -0.2) is 14.4 Å². The molecule has 144 valence electrons. The summed E-state index contributed by atoms with van der Waals surface area (Å²) in [6, 6.07) is 15.4. The number of para-hydroxylation sites is 1. The summed E-state index contributed by atoms with van der Waals surface area (Å²) in [5.74, 6) is 0.530. The first-order chi connectivity index (χ1) is 13.7. The molecule has 2 aromatic carbocycles. The van der Waals surface area contributed by atoms with Crippen molar-refractivity contribution in [1.29, 1.82) is 0 Å². The van der Waals surface area contributed by atoms with E-state index in [2.05, 4.69) is 20.6 Å². The number of carbonyl (C=O) groups excluding carboxylic acids is 1. The SMILES string of the molecule is COc1ccccc1CNC(=O)c1ccnc(NCCc2ccc(F)cc2)n1. The van der Waals surface area contributed by atoms with Crippen LogP contribution in [0.25, 0.3) is 0 Å². The van der Waals surface area contributed by atoms with Crippen LogP contribution in [0.5, 0.6) is 5.75 Å². The molecular formula is C21H21FN4O2. The lowest BCUT2D eigenvalue weighted by molar-refractivity contribution is 0.0945. The summed E-state index contributed by atoms with van der Waals surface area (Å²) >= 11 is 0. The number of rotatable bonds is 8. The molecule has 0 fully saturated rings. The van der Waals surface area contributed by atoms with Gasteiger partial charge in [-0.1, -0.05) is 30.3 Å². The Morgan fingerprint density at radius 2 is 1.89 bits per heavy atom. The van der Waals surface area contributed by atoms with Gasteiger partial charge in [0.2, 0.25) is 5.95 Å². The van der Waals surface area contributed by atoms with Crippen molar-refractivity contribution < 1.29 is 13.9 Å². The van der Waals surface area contributed by atoms with Gasteiger partial charge in [-0.05, 0) is 36.2 Å². The zero-order valence-corrected chi connectivity index (χ0v) is 15.5. The molecule has 28 heavy (non-hydrogen) atoms. The second-order valence-corrected chi connectivity index (χ2v) is 6.06. The molecule has 0 radical (unpaired) electrons. The summed E-state index contributed by atoms with van der Waals surface area (Å²) in [4.78, 5) is 20.8. The summed E-state index contributed by atoms with van der Waals surface area (Å²) < 4.78 is 18.2. The van der Waals surface area contributed by atoms with E-state index >= 15 is 0 Å². The fourth-order valence-corrected chi connectivity index (χ4v) is 2.66. The molecule has 3 rings (SSSR count). The number of methoxy groups -OCH3 is 1. The van der Waals surface area contributed by atoms with E-state index in [1.165, 1.54) is 18.3 Å². The van der Waals surface area contributed by atoms with Crippen LogP contribution in [-0.4, -0.2) is 29.5 Å². The average Bonchev–Trinajstić information content (AvgIpc) is 2.74. The topological polar surface area (TPSA) is 76.1 Å². The summed E-state index contributed by atoms with van der Waals surface area (Å²) in [5, 5.41) is 5.91. The fraction of sp³-hybridized carbons (Fsp3) is 0.190. The standard InChI is InChI=1S/C21H21FN4O2/c1-28-19-5-3-2-4-16(19)14-25-20(27)18-11-13-24-21(26-18)23-12-10-15-6-8-17(22)9-7-15/h2-9,11,13H,10,12,14H2,1H3,(H,25,27)(H,23,24,26). The Hall–Kier alpha value is -3.48. The van der Waals surface area contributed by atoms with Crippen LogP contribution in [0.15, 0.2) is 60.8 Å². The van der Waals surface area contributed by atoms with Crippen molar-refractivity contribution in [3.05, 3.63) is 83.4 Å². The number of nitrogens with one attached hydrogen (secondary N) is 2. The lowest BCUT2D eigenvalue weighted by Gasteiger charge is -2.10. The Morgan fingerprint density at radius 3 is 2.68 bits per heavy atom. The van der Waals surface area contributed by atoms with Crippen LogP contribution in [0.4, 0.5) is 10.3 Å². The first kappa shape index (κ1) is 19.3. The summed E-state index contributed by atoms with van der Waals surface area (Å²) in [6.07, 6.45) is 2.22. The van der Waals surface area contributed by atoms with E-state index in [4.69, 9.17) is 4.74 Å². The average molecular weight is 380 g/mol. The number of carbonyl (C=O) groups is 1. The van der Waals surface area contributed by atoms with Crippen molar-refractivity contribution in [2.45, 2.75) is 13.0 Å². The highest BCUT2D eigenvalue weighted by molar-refractivity contribution is 5.92. The van der Waals surface area contributed by atoms with Gasteiger partial charge in [0.1, 0.15) is 17.3 Å². The Bertz CT molecular complexity index is 932. The molecule has 3 aromatic rings. The Balaban J connectivity index is 1.54. The van der Waals surface area contributed by atoms with E-state index in [0.717, 1.165) is 11.1 Å². The van der Waals surface area contributed by atoms with Crippen molar-refractivity contribution in [3.8, 4) is 5.75 Å². The number of halogens is 1. The molecule has 1 heterocycles. The molecular weight excluding hydrogens is 359 g/mol. The molecule has 1 amide bonds. The second-order valence-electron chi connectivity index (χ2n) is 6.06. The molecule has 0 atom stereocenters. The van der Waals surface area contributed by atoms with Gasteiger partial charge in [0, 0.05) is 24.8 Å². The minimum absolute atomic E-state index is 0.258. The molecule has 0 saturated carbocycles. The van der Waals surface area contributed by atoms with Crippen molar-refractivity contribution in [3.63, 3.8) is 0 Å². The van der Waals surface area contributed by atoms with Crippen molar-refractivity contribution in [2.75, 3.05) is 19.0 Å². The molecule has 0 aliphatic carbocycles. The molecule has 0 aliphatic heterocycles. The van der Waals surface area contributed by atoms with Gasteiger partial charge in [0.05, 0.1) is 7.11 Å². The van der Waals surface area contributed by atoms with Gasteiger partial charge in [0.25, 0.3) is 5.91 Å². The maximum Gasteiger partial charge on any atom is 0.270 e. The normalized spacial score (nSPS) is 10.4. The molecule has 1 aromatic heterocycles. The zero-order valence-electron chi connectivity index (χ0n) is 15.5. The van der Waals surface area contributed by atoms with E-state index in [9.17, 15) is 9.18 Å². The van der Waals surface area contributed by atoms with Gasteiger partial charge in [0.15, 0.2) is 0 Å². The maximum absolute atomic E-state index is 12.9. The lowest BCUT2D eigenvalue weighted by atomic mass is 10.1. The van der Waals surface area contributed by atoms with E-state index in [-0.39, 0.29) is 17.4 Å². The van der Waals surface area contributed by atoms with Crippen molar-refractivity contribution in [2.24, 2.45) is 0 Å². The monoisotopic (exact) mass is 380 g/mol. The van der Waals surface area contributed by atoms with Crippen LogP contribution >= 0.6 is 0 Å². The predicted molar refractivity (Wildman–Crippen MR) is 105 cm³/mol. The number of amides is 1. The van der Waals surface area contributed by atoms with Gasteiger partial charge in [-0.2, -0.15) is 0 Å². The molecule has 2 N–H and O–H groups in total. The summed E-state index contributed by atoms with van der Waals surface area (Å²) in [7, 11) is 1.59. The Kier molecular flexibility index (Phi) is 6.51. The van der Waals surface area contributed by atoms with Crippen LogP contribution in [0.2, 0.25) is 0 Å². The van der Waals surface area contributed by atoms with Gasteiger partial charge in [-0.3, -0.25) is 4.79 Å². The number of benzene rings is 2. The third-order valence-corrected chi connectivity index (χ3v) is 4.13. The minimum atomic E-state index is -0.296. The molecule has 0 spiro atoms. The smallest absolute Gasteiger partial charge is 0.270 e. The van der Waals surface area contributed by atoms with Crippen molar-refractivity contribution in [1.82, 2.24) is 15.3 Å². The largest absolute Gasteiger partial charge is 0.496 e. The van der Waals surface area contributed by atoms with Gasteiger partial charge >= 0.3 is 0 Å². The van der Waals surface area contributed by atoms with Crippen LogP contribution < -0.4 is 15.4 Å². The molecule has 0 bridgehead atoms. The minimum Gasteiger partial charge on any atom is -0.496 e. The number of hydrogen-bond acceptors (Lipinski definition) is 5. The van der Waals surface area contributed by atoms with Crippen LogP contribution in [0.3, 0.4) is 0 Å². The molecule has 0 aliphatic rings. The molecule has 7 heteroatoms. The predicted octanol–water partition coefficient (Wildman–Crippen LogP) is 3.21. The summed E-state index contributed by atoms with van der Waals surface area (Å²) in [6.45, 7) is 0.901. The zero-order chi connectivity index (χ0) is 19.8.